The van der Waals surface area contributed by atoms with Gasteiger partial charge in [-0.25, -0.2) is 4.98 Å². The van der Waals surface area contributed by atoms with Crippen molar-refractivity contribution in [1.29, 1.82) is 0 Å². The van der Waals surface area contributed by atoms with Gasteiger partial charge in [0, 0.05) is 18.4 Å². The third kappa shape index (κ3) is 3.13. The lowest BCUT2D eigenvalue weighted by Gasteiger charge is -2.28. The van der Waals surface area contributed by atoms with Crippen molar-refractivity contribution in [3.63, 3.8) is 0 Å². The Hall–Kier alpha value is -2.31. The van der Waals surface area contributed by atoms with Gasteiger partial charge in [0.05, 0.1) is 23.8 Å². The summed E-state index contributed by atoms with van der Waals surface area (Å²) >= 11 is 0. The Bertz CT molecular complexity index is 677. The summed E-state index contributed by atoms with van der Waals surface area (Å²) in [4.78, 5) is 4.52. The summed E-state index contributed by atoms with van der Waals surface area (Å²) in [5, 5.41) is 10.3. The van der Waals surface area contributed by atoms with E-state index >= 15 is 0 Å². The van der Waals surface area contributed by atoms with Crippen molar-refractivity contribution in [3.05, 3.63) is 60.2 Å². The molecule has 114 valence electrons. The van der Waals surface area contributed by atoms with Crippen LogP contribution in [0.15, 0.2) is 43.2 Å². The van der Waals surface area contributed by atoms with Crippen molar-refractivity contribution < 1.29 is 5.11 Å². The van der Waals surface area contributed by atoms with Gasteiger partial charge in [-0.3, -0.25) is 0 Å². The smallest absolute Gasteiger partial charge is 0.0957 e. The normalized spacial score (nSPS) is 12.6. The maximum atomic E-state index is 10.3. The molecule has 1 N–H and O–H groups in total. The van der Waals surface area contributed by atoms with Gasteiger partial charge in [-0.2, -0.15) is 0 Å². The Balaban J connectivity index is 2.36. The Labute approximate surface area is 132 Å². The highest BCUT2D eigenvalue weighted by atomic mass is 16.3. The predicted molar refractivity (Wildman–Crippen MR) is 90.3 cm³/mol. The SMILES string of the molecule is C#CCC(O)C(C)(C)c1ncn(Cc2ccccc2)c1C=C. The first-order chi connectivity index (χ1) is 10.5. The monoisotopic (exact) mass is 294 g/mol. The first-order valence-electron chi connectivity index (χ1n) is 7.34. The average Bonchev–Trinajstić information content (AvgIpc) is 2.92. The Morgan fingerprint density at radius 3 is 2.68 bits per heavy atom. The molecular formula is C19H22N2O. The molecule has 0 saturated carbocycles. The van der Waals surface area contributed by atoms with Gasteiger partial charge >= 0.3 is 0 Å². The Morgan fingerprint density at radius 2 is 2.09 bits per heavy atom. The van der Waals surface area contributed by atoms with Crippen LogP contribution in [-0.4, -0.2) is 20.8 Å². The number of aliphatic hydroxyl groups excluding tert-OH is 1. The van der Waals surface area contributed by atoms with Crippen LogP contribution >= 0.6 is 0 Å². The standard InChI is InChI=1S/C19H22N2O/c1-5-10-17(22)19(3,4)18-16(6-2)21(14-20-18)13-15-11-8-7-9-12-15/h1,6-9,11-12,14,17,22H,2,10,13H2,3-4H3. The summed E-state index contributed by atoms with van der Waals surface area (Å²) in [5.74, 6) is 2.52. The Morgan fingerprint density at radius 1 is 1.41 bits per heavy atom. The van der Waals surface area contributed by atoms with Crippen molar-refractivity contribution in [3.8, 4) is 12.3 Å². The number of aliphatic hydroxyl groups is 1. The quantitative estimate of drug-likeness (QED) is 0.831. The number of aromatic nitrogens is 2. The van der Waals surface area contributed by atoms with Crippen LogP contribution in [0.3, 0.4) is 0 Å². The van der Waals surface area contributed by atoms with Crippen molar-refractivity contribution in [2.45, 2.75) is 38.3 Å². The largest absolute Gasteiger partial charge is 0.391 e. The van der Waals surface area contributed by atoms with Gasteiger partial charge in [-0.05, 0) is 11.6 Å². The van der Waals surface area contributed by atoms with Crippen LogP contribution in [0.25, 0.3) is 6.08 Å². The lowest BCUT2D eigenvalue weighted by molar-refractivity contribution is 0.102. The highest BCUT2D eigenvalue weighted by Crippen LogP contribution is 2.31. The second-order valence-corrected chi connectivity index (χ2v) is 5.94. The summed E-state index contributed by atoms with van der Waals surface area (Å²) in [6.45, 7) is 8.53. The molecule has 0 aliphatic rings. The summed E-state index contributed by atoms with van der Waals surface area (Å²) in [5.41, 5.74) is 2.40. The first-order valence-corrected chi connectivity index (χ1v) is 7.34. The third-order valence-corrected chi connectivity index (χ3v) is 4.02. The van der Waals surface area contributed by atoms with Gasteiger partial charge in [-0.1, -0.05) is 50.8 Å². The maximum Gasteiger partial charge on any atom is 0.0957 e. The van der Waals surface area contributed by atoms with Crippen LogP contribution in [0.1, 0.15) is 37.2 Å². The van der Waals surface area contributed by atoms with E-state index in [1.165, 1.54) is 5.56 Å². The fraction of sp³-hybridized carbons (Fsp3) is 0.316. The van der Waals surface area contributed by atoms with Gasteiger partial charge in [0.2, 0.25) is 0 Å². The molecule has 0 radical (unpaired) electrons. The number of hydrogen-bond acceptors (Lipinski definition) is 2. The van der Waals surface area contributed by atoms with Crippen molar-refractivity contribution in [2.75, 3.05) is 0 Å². The second kappa shape index (κ2) is 6.64. The zero-order chi connectivity index (χ0) is 16.2. The summed E-state index contributed by atoms with van der Waals surface area (Å²) in [7, 11) is 0. The molecule has 0 aliphatic heterocycles. The van der Waals surface area contributed by atoms with Gasteiger partial charge in [0.1, 0.15) is 0 Å². The van der Waals surface area contributed by atoms with Gasteiger partial charge in [-0.15, -0.1) is 12.3 Å². The van der Waals surface area contributed by atoms with Crippen LogP contribution in [0.5, 0.6) is 0 Å². The zero-order valence-electron chi connectivity index (χ0n) is 13.2. The van der Waals surface area contributed by atoms with Crippen LogP contribution < -0.4 is 0 Å². The highest BCUT2D eigenvalue weighted by Gasteiger charge is 2.33. The molecule has 3 heteroatoms. The lowest BCUT2D eigenvalue weighted by atomic mass is 9.80. The molecule has 22 heavy (non-hydrogen) atoms. The van der Waals surface area contributed by atoms with E-state index in [1.807, 2.05) is 36.6 Å². The van der Waals surface area contributed by atoms with E-state index < -0.39 is 11.5 Å². The minimum Gasteiger partial charge on any atom is -0.391 e. The predicted octanol–water partition coefficient (Wildman–Crippen LogP) is 3.24. The molecule has 2 aromatic rings. The molecule has 1 unspecified atom stereocenters. The lowest BCUT2D eigenvalue weighted by Crippen LogP contribution is -2.34. The van der Waals surface area contributed by atoms with E-state index in [1.54, 1.807) is 12.4 Å². The molecule has 1 aromatic heterocycles. The van der Waals surface area contributed by atoms with Crippen LogP contribution in [0.2, 0.25) is 0 Å². The number of nitrogens with zero attached hydrogens (tertiary/aromatic N) is 2. The molecule has 1 aromatic carbocycles. The van der Waals surface area contributed by atoms with E-state index in [0.29, 0.717) is 6.42 Å². The number of benzene rings is 1. The minimum absolute atomic E-state index is 0.301. The highest BCUT2D eigenvalue weighted by molar-refractivity contribution is 5.48. The van der Waals surface area contributed by atoms with Gasteiger partial charge in [0.15, 0.2) is 0 Å². The summed E-state index contributed by atoms with van der Waals surface area (Å²) < 4.78 is 2.04. The van der Waals surface area contributed by atoms with Crippen molar-refractivity contribution >= 4 is 6.08 Å². The molecule has 0 saturated heterocycles. The van der Waals surface area contributed by atoms with Crippen LogP contribution in [-0.2, 0) is 12.0 Å². The van der Waals surface area contributed by atoms with E-state index in [-0.39, 0.29) is 0 Å². The molecular weight excluding hydrogens is 272 g/mol. The van der Waals surface area contributed by atoms with Crippen LogP contribution in [0, 0.1) is 12.3 Å². The van der Waals surface area contributed by atoms with E-state index in [0.717, 1.165) is 17.9 Å². The number of terminal acetylenes is 1. The molecule has 0 bridgehead atoms. The first kappa shape index (κ1) is 16.1. The second-order valence-electron chi connectivity index (χ2n) is 5.94. The fourth-order valence-corrected chi connectivity index (χ4v) is 2.53. The Kier molecular flexibility index (Phi) is 4.85. The maximum absolute atomic E-state index is 10.3. The van der Waals surface area contributed by atoms with Crippen LogP contribution in [0.4, 0.5) is 0 Å². The molecule has 2 rings (SSSR count). The molecule has 1 atom stereocenters. The number of imidazole rings is 1. The average molecular weight is 294 g/mol. The van der Waals surface area contributed by atoms with E-state index in [9.17, 15) is 5.11 Å². The summed E-state index contributed by atoms with van der Waals surface area (Å²) in [6.07, 6.45) is 8.57. The fourth-order valence-electron chi connectivity index (χ4n) is 2.53. The zero-order valence-corrected chi connectivity index (χ0v) is 13.2. The number of rotatable bonds is 6. The topological polar surface area (TPSA) is 38.1 Å². The molecule has 3 nitrogen and oxygen atoms in total. The molecule has 0 spiro atoms. The van der Waals surface area contributed by atoms with E-state index in [2.05, 4.69) is 29.6 Å². The van der Waals surface area contributed by atoms with Crippen molar-refractivity contribution in [1.82, 2.24) is 9.55 Å². The van der Waals surface area contributed by atoms with Gasteiger partial charge < -0.3 is 9.67 Å². The number of hydrogen-bond donors (Lipinski definition) is 1. The molecule has 0 fully saturated rings. The summed E-state index contributed by atoms with van der Waals surface area (Å²) in [6, 6.07) is 10.2. The third-order valence-electron chi connectivity index (χ3n) is 4.02. The minimum atomic E-state index is -0.642. The molecule has 1 heterocycles. The van der Waals surface area contributed by atoms with Gasteiger partial charge in [0.25, 0.3) is 0 Å². The molecule has 0 aliphatic carbocycles. The molecule has 0 amide bonds. The van der Waals surface area contributed by atoms with E-state index in [4.69, 9.17) is 6.42 Å². The van der Waals surface area contributed by atoms with Crippen molar-refractivity contribution in [2.24, 2.45) is 0 Å².